The molecule has 0 aliphatic carbocycles. The lowest BCUT2D eigenvalue weighted by Gasteiger charge is -1.96. The van der Waals surface area contributed by atoms with Gasteiger partial charge in [0.05, 0.1) is 6.61 Å². The van der Waals surface area contributed by atoms with Crippen LogP contribution in [0.2, 0.25) is 0 Å². The van der Waals surface area contributed by atoms with E-state index in [1.54, 1.807) is 7.05 Å². The summed E-state index contributed by atoms with van der Waals surface area (Å²) in [6.45, 7) is 4.54. The summed E-state index contributed by atoms with van der Waals surface area (Å²) in [6, 6.07) is 0. The number of hydrogen-bond acceptors (Lipinski definition) is 4. The molecule has 0 aromatic heterocycles. The highest BCUT2D eigenvalue weighted by Gasteiger charge is 1.88. The zero-order valence-corrected chi connectivity index (χ0v) is 6.79. The van der Waals surface area contributed by atoms with Crippen molar-refractivity contribution < 1.29 is 4.18 Å². The summed E-state index contributed by atoms with van der Waals surface area (Å²) in [4.78, 5) is 0. The Kier molecular flexibility index (Phi) is 5.76. The van der Waals surface area contributed by atoms with E-state index in [1.165, 1.54) is 12.0 Å². The molecular formula is C5H12N2OS. The van der Waals surface area contributed by atoms with Gasteiger partial charge in [-0.15, -0.1) is 0 Å². The van der Waals surface area contributed by atoms with Crippen LogP contribution < -0.4 is 5.43 Å². The van der Waals surface area contributed by atoms with Crippen LogP contribution in [0.15, 0.2) is 5.10 Å². The highest BCUT2D eigenvalue weighted by atomic mass is 32.2. The number of hydrogen-bond donors (Lipinski definition) is 1. The van der Waals surface area contributed by atoms with Gasteiger partial charge in [0.2, 0.25) is 0 Å². The molecule has 9 heavy (non-hydrogen) atoms. The fourth-order valence-electron chi connectivity index (χ4n) is 0.320. The first-order valence-electron chi connectivity index (χ1n) is 2.81. The van der Waals surface area contributed by atoms with E-state index in [4.69, 9.17) is 4.18 Å². The maximum absolute atomic E-state index is 4.99. The quantitative estimate of drug-likeness (QED) is 0.283. The van der Waals surface area contributed by atoms with Crippen LogP contribution in [0.25, 0.3) is 0 Å². The maximum atomic E-state index is 4.99. The van der Waals surface area contributed by atoms with Crippen molar-refractivity contribution in [3.63, 3.8) is 0 Å². The van der Waals surface area contributed by atoms with Gasteiger partial charge in [0.1, 0.15) is 5.04 Å². The van der Waals surface area contributed by atoms with E-state index < -0.39 is 0 Å². The normalized spacial score (nSPS) is 11.7. The van der Waals surface area contributed by atoms with Gasteiger partial charge in [0, 0.05) is 19.1 Å². The van der Waals surface area contributed by atoms with E-state index in [0.717, 1.165) is 5.04 Å². The Morgan fingerprint density at radius 1 is 1.78 bits per heavy atom. The second-order valence-electron chi connectivity index (χ2n) is 1.34. The molecule has 0 aromatic rings. The average Bonchev–Trinajstić information content (AvgIpc) is 1.85. The monoisotopic (exact) mass is 148 g/mol. The Hall–Kier alpha value is -0.220. The fraction of sp³-hybridized carbons (Fsp3) is 0.800. The lowest BCUT2D eigenvalue weighted by Crippen LogP contribution is -1.98. The highest BCUT2D eigenvalue weighted by Crippen LogP contribution is 2.03. The van der Waals surface area contributed by atoms with Crippen molar-refractivity contribution in [3.8, 4) is 0 Å². The van der Waals surface area contributed by atoms with E-state index in [9.17, 15) is 0 Å². The lowest BCUT2D eigenvalue weighted by molar-refractivity contribution is 0.406. The Bertz CT molecular complexity index is 95.0. The molecule has 4 heteroatoms. The summed E-state index contributed by atoms with van der Waals surface area (Å²) < 4.78 is 4.99. The van der Waals surface area contributed by atoms with Crippen LogP contribution in [0.1, 0.15) is 13.8 Å². The van der Waals surface area contributed by atoms with Crippen molar-refractivity contribution in [2.24, 2.45) is 5.10 Å². The molecule has 0 aliphatic heterocycles. The summed E-state index contributed by atoms with van der Waals surface area (Å²) in [5.74, 6) is 0. The van der Waals surface area contributed by atoms with Crippen molar-refractivity contribution in [1.29, 1.82) is 0 Å². The van der Waals surface area contributed by atoms with Gasteiger partial charge in [0.15, 0.2) is 0 Å². The second-order valence-corrected chi connectivity index (χ2v) is 2.34. The summed E-state index contributed by atoms with van der Waals surface area (Å²) in [6.07, 6.45) is 0. The summed E-state index contributed by atoms with van der Waals surface area (Å²) in [5, 5.41) is 4.76. The van der Waals surface area contributed by atoms with Crippen molar-refractivity contribution in [1.82, 2.24) is 5.43 Å². The van der Waals surface area contributed by atoms with Crippen molar-refractivity contribution in [2.45, 2.75) is 13.8 Å². The molecule has 0 rings (SSSR count). The summed E-state index contributed by atoms with van der Waals surface area (Å²) >= 11 is 1.29. The van der Waals surface area contributed by atoms with Crippen LogP contribution >= 0.6 is 12.0 Å². The van der Waals surface area contributed by atoms with Crippen LogP contribution in [-0.2, 0) is 4.18 Å². The van der Waals surface area contributed by atoms with E-state index in [0.29, 0.717) is 6.61 Å². The van der Waals surface area contributed by atoms with Crippen molar-refractivity contribution in [3.05, 3.63) is 0 Å². The highest BCUT2D eigenvalue weighted by molar-refractivity contribution is 8.09. The molecule has 3 nitrogen and oxygen atoms in total. The zero-order valence-electron chi connectivity index (χ0n) is 5.97. The number of hydrazone groups is 1. The lowest BCUT2D eigenvalue weighted by atomic mass is 10.9. The van der Waals surface area contributed by atoms with Gasteiger partial charge in [-0.1, -0.05) is 0 Å². The molecule has 0 fully saturated rings. The van der Waals surface area contributed by atoms with Gasteiger partial charge >= 0.3 is 0 Å². The first kappa shape index (κ1) is 8.78. The predicted octanol–water partition coefficient (Wildman–Crippen LogP) is 1.22. The van der Waals surface area contributed by atoms with Gasteiger partial charge in [-0.2, -0.15) is 5.10 Å². The molecule has 0 saturated heterocycles. The third kappa shape index (κ3) is 5.65. The predicted molar refractivity (Wildman–Crippen MR) is 41.4 cm³/mol. The Morgan fingerprint density at radius 2 is 2.44 bits per heavy atom. The van der Waals surface area contributed by atoms with Crippen LogP contribution in [0.4, 0.5) is 0 Å². The molecule has 0 saturated carbocycles. The van der Waals surface area contributed by atoms with Crippen LogP contribution in [-0.4, -0.2) is 18.7 Å². The number of rotatable bonds is 3. The second kappa shape index (κ2) is 5.91. The first-order chi connectivity index (χ1) is 4.31. The van der Waals surface area contributed by atoms with Gasteiger partial charge in [-0.3, -0.25) is 0 Å². The van der Waals surface area contributed by atoms with E-state index in [-0.39, 0.29) is 0 Å². The maximum Gasteiger partial charge on any atom is 0.117 e. The smallest absolute Gasteiger partial charge is 0.117 e. The average molecular weight is 148 g/mol. The molecule has 0 amide bonds. The molecule has 0 atom stereocenters. The third-order valence-corrected chi connectivity index (χ3v) is 1.25. The summed E-state index contributed by atoms with van der Waals surface area (Å²) in [7, 11) is 1.76. The molecule has 0 aromatic carbocycles. The van der Waals surface area contributed by atoms with E-state index >= 15 is 0 Å². The SMILES string of the molecule is CCOS/C(C)=N\NC. The summed E-state index contributed by atoms with van der Waals surface area (Å²) in [5.41, 5.74) is 2.66. The first-order valence-corrected chi connectivity index (χ1v) is 3.56. The molecule has 0 bridgehead atoms. The molecule has 0 aliphatic rings. The third-order valence-electron chi connectivity index (χ3n) is 0.567. The molecule has 0 spiro atoms. The molecule has 0 heterocycles. The molecular weight excluding hydrogens is 136 g/mol. The van der Waals surface area contributed by atoms with E-state index in [2.05, 4.69) is 10.5 Å². The van der Waals surface area contributed by atoms with Crippen molar-refractivity contribution in [2.75, 3.05) is 13.7 Å². The van der Waals surface area contributed by atoms with E-state index in [1.807, 2.05) is 13.8 Å². The van der Waals surface area contributed by atoms with Crippen molar-refractivity contribution >= 4 is 17.1 Å². The molecule has 54 valence electrons. The Morgan fingerprint density at radius 3 is 2.89 bits per heavy atom. The Labute approximate surface area is 60.1 Å². The van der Waals surface area contributed by atoms with Gasteiger partial charge < -0.3 is 9.61 Å². The minimum Gasteiger partial charge on any atom is -0.312 e. The van der Waals surface area contributed by atoms with Crippen LogP contribution in [0.5, 0.6) is 0 Å². The fourth-order valence-corrected chi connectivity index (χ4v) is 0.737. The minimum atomic E-state index is 0.710. The molecule has 1 N–H and O–H groups in total. The topological polar surface area (TPSA) is 33.6 Å². The van der Waals surface area contributed by atoms with Gasteiger partial charge in [-0.25, -0.2) is 0 Å². The zero-order chi connectivity index (χ0) is 7.11. The van der Waals surface area contributed by atoms with Gasteiger partial charge in [0.25, 0.3) is 0 Å². The van der Waals surface area contributed by atoms with Crippen LogP contribution in [0.3, 0.4) is 0 Å². The van der Waals surface area contributed by atoms with Crippen LogP contribution in [0, 0.1) is 0 Å². The standard InChI is InChI=1S/C5H12N2OS/c1-4-8-9-5(2)7-6-3/h6H,4H2,1-3H3/b7-5-. The largest absolute Gasteiger partial charge is 0.312 e. The minimum absolute atomic E-state index is 0.710. The number of nitrogens with zero attached hydrogens (tertiary/aromatic N) is 1. The van der Waals surface area contributed by atoms with Gasteiger partial charge in [-0.05, 0) is 13.8 Å². The number of nitrogens with one attached hydrogen (secondary N) is 1. The molecule has 0 radical (unpaired) electrons. The Balaban J connectivity index is 3.25. The molecule has 0 unspecified atom stereocenters.